The minimum absolute atomic E-state index is 0.0649. The molecule has 2 aromatic rings. The first-order chi connectivity index (χ1) is 8.11. The lowest BCUT2D eigenvalue weighted by molar-refractivity contribution is 0.608. The number of hydrogen-bond donors (Lipinski definition) is 1. The van der Waals surface area contributed by atoms with E-state index in [0.29, 0.717) is 5.56 Å². The lowest BCUT2D eigenvalue weighted by Crippen LogP contribution is -2.17. The molecule has 0 saturated heterocycles. The first kappa shape index (κ1) is 12.3. The number of aryl methyl sites for hydroxylation is 2. The molecule has 2 rings (SSSR count). The van der Waals surface area contributed by atoms with E-state index in [1.54, 1.807) is 24.3 Å². The Hall–Kier alpha value is -1.19. The Bertz CT molecular complexity index is 519. The fourth-order valence-electron chi connectivity index (χ4n) is 1.93. The molecule has 17 heavy (non-hydrogen) atoms. The smallest absolute Gasteiger partial charge is 0.126 e. The molecular formula is C14H16FNS. The van der Waals surface area contributed by atoms with Crippen LogP contribution in [0.4, 0.5) is 4.39 Å². The molecule has 1 aromatic carbocycles. The number of nitrogens with one attached hydrogen (secondary N) is 1. The monoisotopic (exact) mass is 249 g/mol. The van der Waals surface area contributed by atoms with Crippen LogP contribution in [0.1, 0.15) is 27.6 Å². The number of halogens is 1. The van der Waals surface area contributed by atoms with E-state index >= 15 is 0 Å². The average Bonchev–Trinajstić information content (AvgIpc) is 2.71. The van der Waals surface area contributed by atoms with Gasteiger partial charge in [-0.1, -0.05) is 12.1 Å². The molecule has 0 aliphatic heterocycles. The number of benzene rings is 1. The van der Waals surface area contributed by atoms with E-state index < -0.39 is 0 Å². The minimum Gasteiger partial charge on any atom is -0.309 e. The van der Waals surface area contributed by atoms with Crippen LogP contribution in [0.15, 0.2) is 29.6 Å². The molecule has 90 valence electrons. The molecule has 1 atom stereocenters. The second kappa shape index (κ2) is 4.98. The number of rotatable bonds is 3. The lowest BCUT2D eigenvalue weighted by atomic mass is 10.00. The van der Waals surface area contributed by atoms with E-state index in [4.69, 9.17) is 0 Å². The highest BCUT2D eigenvalue weighted by atomic mass is 32.1. The van der Waals surface area contributed by atoms with Gasteiger partial charge in [-0.25, -0.2) is 4.39 Å². The molecular weight excluding hydrogens is 233 g/mol. The zero-order valence-corrected chi connectivity index (χ0v) is 11.1. The Kier molecular flexibility index (Phi) is 3.60. The molecule has 0 aliphatic rings. The van der Waals surface area contributed by atoms with Crippen LogP contribution in [0.25, 0.3) is 0 Å². The predicted octanol–water partition coefficient (Wildman–Crippen LogP) is 3.81. The molecule has 0 amide bonds. The van der Waals surface area contributed by atoms with E-state index in [9.17, 15) is 4.39 Å². The largest absolute Gasteiger partial charge is 0.309 e. The van der Waals surface area contributed by atoms with Gasteiger partial charge in [-0.05, 0) is 55.1 Å². The maximum absolute atomic E-state index is 13.6. The Balaban J connectivity index is 2.38. The summed E-state index contributed by atoms with van der Waals surface area (Å²) >= 11 is 1.72. The van der Waals surface area contributed by atoms with Crippen LogP contribution in [-0.2, 0) is 0 Å². The van der Waals surface area contributed by atoms with E-state index in [2.05, 4.69) is 23.7 Å². The van der Waals surface area contributed by atoms with Crippen molar-refractivity contribution >= 4 is 11.3 Å². The highest BCUT2D eigenvalue weighted by Gasteiger charge is 2.14. The van der Waals surface area contributed by atoms with Crippen LogP contribution < -0.4 is 5.32 Å². The maximum Gasteiger partial charge on any atom is 0.126 e. The van der Waals surface area contributed by atoms with Gasteiger partial charge in [0.1, 0.15) is 5.82 Å². The van der Waals surface area contributed by atoms with Crippen LogP contribution in [0.2, 0.25) is 0 Å². The predicted molar refractivity (Wildman–Crippen MR) is 71.1 cm³/mol. The highest BCUT2D eigenvalue weighted by Crippen LogP contribution is 2.26. The molecule has 0 radical (unpaired) electrons. The van der Waals surface area contributed by atoms with Gasteiger partial charge in [0.25, 0.3) is 0 Å². The molecule has 0 bridgehead atoms. The van der Waals surface area contributed by atoms with E-state index in [1.165, 1.54) is 10.4 Å². The van der Waals surface area contributed by atoms with Crippen molar-refractivity contribution in [2.75, 3.05) is 7.05 Å². The molecule has 3 heteroatoms. The molecule has 0 fully saturated rings. The summed E-state index contributed by atoms with van der Waals surface area (Å²) in [5.41, 5.74) is 2.84. The summed E-state index contributed by atoms with van der Waals surface area (Å²) in [7, 11) is 1.90. The summed E-state index contributed by atoms with van der Waals surface area (Å²) in [4.78, 5) is 1.27. The van der Waals surface area contributed by atoms with Gasteiger partial charge < -0.3 is 5.32 Å². The Morgan fingerprint density at radius 3 is 2.47 bits per heavy atom. The van der Waals surface area contributed by atoms with Gasteiger partial charge in [0.2, 0.25) is 0 Å². The van der Waals surface area contributed by atoms with Crippen LogP contribution >= 0.6 is 11.3 Å². The van der Waals surface area contributed by atoms with Crippen molar-refractivity contribution in [1.29, 1.82) is 0 Å². The molecule has 0 saturated carbocycles. The molecule has 0 spiro atoms. The van der Waals surface area contributed by atoms with Crippen LogP contribution in [0, 0.1) is 19.7 Å². The first-order valence-corrected chi connectivity index (χ1v) is 6.48. The fraction of sp³-hybridized carbons (Fsp3) is 0.286. The average molecular weight is 249 g/mol. The minimum atomic E-state index is -0.144. The molecule has 1 N–H and O–H groups in total. The molecule has 1 aromatic heterocycles. The van der Waals surface area contributed by atoms with Gasteiger partial charge in [0, 0.05) is 4.88 Å². The first-order valence-electron chi connectivity index (χ1n) is 5.60. The van der Waals surface area contributed by atoms with Gasteiger partial charge in [-0.2, -0.15) is 0 Å². The van der Waals surface area contributed by atoms with Crippen molar-refractivity contribution in [1.82, 2.24) is 5.32 Å². The maximum atomic E-state index is 13.6. The normalized spacial score (nSPS) is 12.7. The molecule has 1 nitrogen and oxygen atoms in total. The standard InChI is InChI=1S/C14H16FNS/c1-9-4-5-11(7-13(9)15)14(16-3)12-6-10(2)17-8-12/h4-8,14,16H,1-3H3. The van der Waals surface area contributed by atoms with E-state index in [-0.39, 0.29) is 11.9 Å². The van der Waals surface area contributed by atoms with E-state index in [0.717, 1.165) is 5.56 Å². The zero-order chi connectivity index (χ0) is 12.4. The van der Waals surface area contributed by atoms with Crippen molar-refractivity contribution < 1.29 is 4.39 Å². The summed E-state index contributed by atoms with van der Waals surface area (Å²) in [6, 6.07) is 7.63. The summed E-state index contributed by atoms with van der Waals surface area (Å²) in [6.07, 6.45) is 0. The summed E-state index contributed by atoms with van der Waals surface area (Å²) in [5.74, 6) is -0.144. The highest BCUT2D eigenvalue weighted by molar-refractivity contribution is 7.10. The van der Waals surface area contributed by atoms with Crippen LogP contribution in [-0.4, -0.2) is 7.05 Å². The second-order valence-electron chi connectivity index (χ2n) is 4.22. The van der Waals surface area contributed by atoms with Crippen molar-refractivity contribution in [3.05, 3.63) is 57.0 Å². The second-order valence-corrected chi connectivity index (χ2v) is 5.34. The van der Waals surface area contributed by atoms with E-state index in [1.807, 2.05) is 19.2 Å². The summed E-state index contributed by atoms with van der Waals surface area (Å²) in [6.45, 7) is 3.86. The van der Waals surface area contributed by atoms with Gasteiger partial charge in [-0.15, -0.1) is 11.3 Å². The van der Waals surface area contributed by atoms with Gasteiger partial charge in [0.05, 0.1) is 6.04 Å². The molecule has 0 aliphatic carbocycles. The topological polar surface area (TPSA) is 12.0 Å². The number of thiophene rings is 1. The Morgan fingerprint density at radius 2 is 1.94 bits per heavy atom. The van der Waals surface area contributed by atoms with Crippen molar-refractivity contribution in [3.8, 4) is 0 Å². The van der Waals surface area contributed by atoms with Crippen molar-refractivity contribution in [3.63, 3.8) is 0 Å². The van der Waals surface area contributed by atoms with Crippen LogP contribution in [0.3, 0.4) is 0 Å². The third-order valence-electron chi connectivity index (χ3n) is 2.90. The third kappa shape index (κ3) is 2.56. The number of hydrogen-bond acceptors (Lipinski definition) is 2. The SMILES string of the molecule is CNC(c1csc(C)c1)c1ccc(C)c(F)c1. The van der Waals surface area contributed by atoms with Gasteiger partial charge in [-0.3, -0.25) is 0 Å². The summed E-state index contributed by atoms with van der Waals surface area (Å²) < 4.78 is 13.6. The van der Waals surface area contributed by atoms with Gasteiger partial charge >= 0.3 is 0 Å². The summed E-state index contributed by atoms with van der Waals surface area (Å²) in [5, 5.41) is 5.35. The zero-order valence-electron chi connectivity index (χ0n) is 10.3. The Labute approximate surface area is 105 Å². The molecule has 1 heterocycles. The molecule has 1 unspecified atom stereocenters. The lowest BCUT2D eigenvalue weighted by Gasteiger charge is -2.16. The van der Waals surface area contributed by atoms with Crippen LogP contribution in [0.5, 0.6) is 0 Å². The van der Waals surface area contributed by atoms with Crippen molar-refractivity contribution in [2.24, 2.45) is 0 Å². The fourth-order valence-corrected chi connectivity index (χ4v) is 2.66. The third-order valence-corrected chi connectivity index (χ3v) is 3.78. The van der Waals surface area contributed by atoms with Crippen molar-refractivity contribution in [2.45, 2.75) is 19.9 Å². The van der Waals surface area contributed by atoms with Gasteiger partial charge in [0.15, 0.2) is 0 Å². The quantitative estimate of drug-likeness (QED) is 0.872. The Morgan fingerprint density at radius 1 is 1.18 bits per heavy atom.